The second-order valence-electron chi connectivity index (χ2n) is 8.85. The first-order valence-corrected chi connectivity index (χ1v) is 11.7. The Balaban J connectivity index is 0.000000932. The summed E-state index contributed by atoms with van der Waals surface area (Å²) in [5.74, 6) is -2.24. The normalized spacial score (nSPS) is 41.9. The van der Waals surface area contributed by atoms with E-state index in [4.69, 9.17) is 23.7 Å². The Morgan fingerprint density at radius 3 is 1.89 bits per heavy atom. The maximum absolute atomic E-state index is 11.2. The molecule has 0 amide bonds. The summed E-state index contributed by atoms with van der Waals surface area (Å²) in [7, 11) is 0. The molecule has 0 aromatic heterocycles. The van der Waals surface area contributed by atoms with E-state index in [1.165, 1.54) is 25.7 Å². The zero-order valence-corrected chi connectivity index (χ0v) is 17.6. The Morgan fingerprint density at radius 2 is 1.29 bits per heavy atom. The average Bonchev–Trinajstić information content (AvgIpc) is 3.04. The molecule has 6 nitrogen and oxygen atoms in total. The van der Waals surface area contributed by atoms with Gasteiger partial charge in [0.2, 0.25) is 5.79 Å². The van der Waals surface area contributed by atoms with E-state index in [0.717, 1.165) is 51.4 Å². The van der Waals surface area contributed by atoms with Crippen LogP contribution in [0, 0.1) is 0 Å². The predicted octanol–water partition coefficient (Wildman–Crippen LogP) is 4.03. The highest BCUT2D eigenvalue weighted by molar-refractivity contribution is 5.03. The van der Waals surface area contributed by atoms with Crippen LogP contribution in [0.2, 0.25) is 0 Å². The molecule has 28 heavy (non-hydrogen) atoms. The van der Waals surface area contributed by atoms with Crippen molar-refractivity contribution in [2.45, 2.75) is 127 Å². The molecule has 0 aromatic rings. The van der Waals surface area contributed by atoms with Crippen LogP contribution in [0.25, 0.3) is 0 Å². The second-order valence-corrected chi connectivity index (χ2v) is 8.85. The monoisotopic (exact) mass is 398 g/mol. The van der Waals surface area contributed by atoms with Gasteiger partial charge < -0.3 is 28.8 Å². The van der Waals surface area contributed by atoms with Crippen molar-refractivity contribution in [2.24, 2.45) is 0 Å². The lowest BCUT2D eigenvalue weighted by Gasteiger charge is -2.42. The van der Waals surface area contributed by atoms with Crippen LogP contribution in [-0.4, -0.2) is 54.0 Å². The summed E-state index contributed by atoms with van der Waals surface area (Å²) in [6.45, 7) is 4.66. The summed E-state index contributed by atoms with van der Waals surface area (Å²) in [4.78, 5) is 0. The highest BCUT2D eigenvalue weighted by atomic mass is 16.9. The largest absolute Gasteiger partial charge is 0.385 e. The van der Waals surface area contributed by atoms with Gasteiger partial charge in [0, 0.05) is 25.7 Å². The van der Waals surface area contributed by atoms with Crippen molar-refractivity contribution < 1.29 is 28.8 Å². The van der Waals surface area contributed by atoms with Crippen molar-refractivity contribution in [3.8, 4) is 0 Å². The first-order chi connectivity index (χ1) is 13.6. The maximum atomic E-state index is 11.2. The molecule has 5 fully saturated rings. The summed E-state index contributed by atoms with van der Waals surface area (Å²) in [6, 6.07) is 0. The molecule has 0 radical (unpaired) electrons. The summed E-state index contributed by atoms with van der Waals surface area (Å²) in [6.07, 6.45) is 11.4. The van der Waals surface area contributed by atoms with E-state index in [0.29, 0.717) is 6.61 Å². The third kappa shape index (κ3) is 3.77. The van der Waals surface area contributed by atoms with E-state index < -0.39 is 29.6 Å². The Labute approximate surface area is 169 Å². The number of hydrogen-bond acceptors (Lipinski definition) is 6. The van der Waals surface area contributed by atoms with Gasteiger partial charge in [-0.1, -0.05) is 39.5 Å². The maximum Gasteiger partial charge on any atom is 0.224 e. The topological polar surface area (TPSA) is 66.4 Å². The molecule has 3 spiro atoms. The first kappa shape index (κ1) is 21.0. The van der Waals surface area contributed by atoms with E-state index in [2.05, 4.69) is 0 Å². The van der Waals surface area contributed by atoms with Gasteiger partial charge >= 0.3 is 0 Å². The minimum atomic E-state index is -1.11. The summed E-state index contributed by atoms with van der Waals surface area (Å²) in [5.41, 5.74) is 0. The van der Waals surface area contributed by atoms with Crippen LogP contribution in [0.15, 0.2) is 0 Å². The van der Waals surface area contributed by atoms with Crippen LogP contribution >= 0.6 is 0 Å². The number of aliphatic hydroxyl groups is 1. The van der Waals surface area contributed by atoms with Crippen molar-refractivity contribution in [3.63, 3.8) is 0 Å². The molecule has 5 rings (SSSR count). The molecule has 0 unspecified atom stereocenters. The summed E-state index contributed by atoms with van der Waals surface area (Å²) < 4.78 is 31.3. The highest BCUT2D eigenvalue weighted by Gasteiger charge is 2.64. The SMILES string of the molecule is CC.O[C@H]1[C@@H]2OC3(CCCCCC3)O[C@@H]2CO[C@]12COC1(CCCCCC1)O2. The number of aliphatic hydroxyl groups excluding tert-OH is 1. The fourth-order valence-corrected chi connectivity index (χ4v) is 5.49. The molecule has 2 aliphatic carbocycles. The Morgan fingerprint density at radius 1 is 0.714 bits per heavy atom. The molecule has 5 aliphatic rings. The van der Waals surface area contributed by atoms with Crippen LogP contribution in [0.5, 0.6) is 0 Å². The third-order valence-corrected chi connectivity index (χ3v) is 6.96. The number of hydrogen-bond donors (Lipinski definition) is 1. The fraction of sp³-hybridized carbons (Fsp3) is 1.00. The lowest BCUT2D eigenvalue weighted by molar-refractivity contribution is -0.334. The molecule has 4 atom stereocenters. The van der Waals surface area contributed by atoms with Gasteiger partial charge in [0.15, 0.2) is 11.6 Å². The lowest BCUT2D eigenvalue weighted by Crippen LogP contribution is -2.61. The van der Waals surface area contributed by atoms with Crippen LogP contribution in [0.3, 0.4) is 0 Å². The number of fused-ring (bicyclic) bond motifs is 1. The van der Waals surface area contributed by atoms with E-state index in [1.54, 1.807) is 0 Å². The molecule has 2 saturated carbocycles. The minimum Gasteiger partial charge on any atom is -0.385 e. The smallest absolute Gasteiger partial charge is 0.224 e. The van der Waals surface area contributed by atoms with Gasteiger partial charge in [0.1, 0.15) is 24.9 Å². The van der Waals surface area contributed by atoms with Crippen molar-refractivity contribution in [3.05, 3.63) is 0 Å². The Bertz CT molecular complexity index is 495. The third-order valence-electron chi connectivity index (χ3n) is 6.96. The first-order valence-electron chi connectivity index (χ1n) is 11.7. The van der Waals surface area contributed by atoms with Gasteiger partial charge in [-0.2, -0.15) is 0 Å². The van der Waals surface area contributed by atoms with Gasteiger partial charge in [-0.05, 0) is 25.7 Å². The molecule has 1 N–H and O–H groups in total. The van der Waals surface area contributed by atoms with Crippen molar-refractivity contribution in [1.82, 2.24) is 0 Å². The Kier molecular flexibility index (Phi) is 6.36. The van der Waals surface area contributed by atoms with Crippen LogP contribution < -0.4 is 0 Å². The molecule has 162 valence electrons. The fourth-order valence-electron chi connectivity index (χ4n) is 5.49. The molecule has 6 heteroatoms. The number of ether oxygens (including phenoxy) is 5. The van der Waals surface area contributed by atoms with Crippen molar-refractivity contribution in [2.75, 3.05) is 13.2 Å². The van der Waals surface area contributed by atoms with Crippen molar-refractivity contribution in [1.29, 1.82) is 0 Å². The van der Waals surface area contributed by atoms with E-state index >= 15 is 0 Å². The molecule has 3 aliphatic heterocycles. The Hall–Kier alpha value is -0.240. The quantitative estimate of drug-likeness (QED) is 0.664. The predicted molar refractivity (Wildman–Crippen MR) is 104 cm³/mol. The minimum absolute atomic E-state index is 0.219. The molecule has 3 heterocycles. The van der Waals surface area contributed by atoms with Crippen LogP contribution in [0.4, 0.5) is 0 Å². The standard InChI is InChI=1S/C20H32O6.C2H6/c21-17-16-15(24-19(25-16)11-7-3-4-8-12-19)13-22-20(17)14-23-18(26-20)9-5-1-2-6-10-18;1-2/h15-17,21H,1-14H2;1-2H3/t15-,16-,17+,20+;/m1./s1. The van der Waals surface area contributed by atoms with E-state index in [9.17, 15) is 5.11 Å². The molecule has 0 aromatic carbocycles. The summed E-state index contributed by atoms with van der Waals surface area (Å²) in [5, 5.41) is 11.2. The van der Waals surface area contributed by atoms with Gasteiger partial charge in [-0.3, -0.25) is 0 Å². The molecular weight excluding hydrogens is 360 g/mol. The lowest BCUT2D eigenvalue weighted by atomic mass is 9.97. The zero-order valence-electron chi connectivity index (χ0n) is 17.6. The van der Waals surface area contributed by atoms with Crippen LogP contribution in [-0.2, 0) is 23.7 Å². The molecule has 0 bridgehead atoms. The van der Waals surface area contributed by atoms with E-state index in [-0.39, 0.29) is 12.7 Å². The van der Waals surface area contributed by atoms with Gasteiger partial charge in [0.05, 0.1) is 6.61 Å². The average molecular weight is 399 g/mol. The highest BCUT2D eigenvalue weighted by Crippen LogP contribution is 2.49. The zero-order chi connectivity index (χ0) is 19.7. The molecule has 3 saturated heterocycles. The van der Waals surface area contributed by atoms with Crippen LogP contribution in [0.1, 0.15) is 90.9 Å². The van der Waals surface area contributed by atoms with Gasteiger partial charge in [-0.15, -0.1) is 0 Å². The second kappa shape index (κ2) is 8.48. The summed E-state index contributed by atoms with van der Waals surface area (Å²) >= 11 is 0. The number of rotatable bonds is 0. The van der Waals surface area contributed by atoms with Gasteiger partial charge in [0.25, 0.3) is 0 Å². The van der Waals surface area contributed by atoms with E-state index in [1.807, 2.05) is 13.8 Å². The van der Waals surface area contributed by atoms with Gasteiger partial charge in [-0.25, -0.2) is 0 Å². The molecular formula is C22H38O6. The van der Waals surface area contributed by atoms with Crippen molar-refractivity contribution >= 4 is 0 Å².